The van der Waals surface area contributed by atoms with Crippen molar-refractivity contribution in [2.24, 2.45) is 0 Å². The van der Waals surface area contributed by atoms with Crippen molar-refractivity contribution in [1.82, 2.24) is 0 Å². The molecule has 1 heterocycles. The molecule has 0 aliphatic rings. The Bertz CT molecular complexity index is 895. The molecule has 0 spiro atoms. The molecule has 0 saturated carbocycles. The highest BCUT2D eigenvalue weighted by Crippen LogP contribution is 2.34. The number of thiocarbonyl (C=S) groups is 1. The molecule has 0 unspecified atom stereocenters. The fourth-order valence-electron chi connectivity index (χ4n) is 2.33. The average Bonchev–Trinajstić information content (AvgIpc) is 2.90. The number of halogens is 2. The monoisotopic (exact) mass is 460 g/mol. The minimum atomic E-state index is -0.553. The van der Waals surface area contributed by atoms with Gasteiger partial charge in [-0.15, -0.1) is 11.3 Å². The van der Waals surface area contributed by atoms with E-state index in [0.29, 0.717) is 31.2 Å². The van der Waals surface area contributed by atoms with Crippen LogP contribution in [-0.2, 0) is 9.47 Å². The number of esters is 2. The third kappa shape index (κ3) is 5.57. The molecule has 1 aromatic heterocycles. The highest BCUT2D eigenvalue weighted by Gasteiger charge is 2.26. The number of carbonyl (C=O) groups is 2. The third-order valence-corrected chi connectivity index (χ3v) is 5.26. The molecule has 0 fully saturated rings. The molecule has 0 amide bonds. The lowest BCUT2D eigenvalue weighted by molar-refractivity contribution is 0.0527. The molecular weight excluding hydrogens is 443 g/mol. The third-order valence-electron chi connectivity index (χ3n) is 3.43. The fraction of sp³-hybridized carbons (Fsp3) is 0.278. The number of rotatable bonds is 6. The van der Waals surface area contributed by atoms with Crippen molar-refractivity contribution >= 4 is 74.5 Å². The summed E-state index contributed by atoms with van der Waals surface area (Å²) in [5.74, 6) is -1.06. The first-order chi connectivity index (χ1) is 13.3. The molecule has 2 rings (SSSR count). The first-order valence-corrected chi connectivity index (χ1v) is 10.3. The summed E-state index contributed by atoms with van der Waals surface area (Å²) in [6.07, 6.45) is 0. The predicted molar refractivity (Wildman–Crippen MR) is 117 cm³/mol. The SMILES string of the molecule is CCOC(=O)c1sc(NC(=S)Nc2cc(Cl)cc(Cl)c2)c(C(=O)OCC)c1C. The van der Waals surface area contributed by atoms with Gasteiger partial charge in [-0.2, -0.15) is 0 Å². The van der Waals surface area contributed by atoms with Crippen molar-refractivity contribution in [3.63, 3.8) is 0 Å². The normalized spacial score (nSPS) is 10.3. The predicted octanol–water partition coefficient (Wildman–Crippen LogP) is 5.53. The molecule has 10 heteroatoms. The van der Waals surface area contributed by atoms with E-state index in [2.05, 4.69) is 10.6 Å². The zero-order valence-corrected chi connectivity index (χ0v) is 18.5. The van der Waals surface area contributed by atoms with Crippen LogP contribution in [-0.4, -0.2) is 30.3 Å². The molecule has 0 bridgehead atoms. The summed E-state index contributed by atoms with van der Waals surface area (Å²) in [6, 6.07) is 4.90. The molecule has 0 atom stereocenters. The zero-order chi connectivity index (χ0) is 20.8. The molecule has 2 aromatic rings. The number of benzene rings is 1. The van der Waals surface area contributed by atoms with Gasteiger partial charge in [-0.05, 0) is 56.8 Å². The summed E-state index contributed by atoms with van der Waals surface area (Å²) >= 11 is 18.4. The van der Waals surface area contributed by atoms with Crippen molar-refractivity contribution < 1.29 is 19.1 Å². The second kappa shape index (κ2) is 10.1. The van der Waals surface area contributed by atoms with Gasteiger partial charge in [0.15, 0.2) is 5.11 Å². The quantitative estimate of drug-likeness (QED) is 0.433. The Labute approximate surface area is 182 Å². The van der Waals surface area contributed by atoms with Gasteiger partial charge in [0.2, 0.25) is 0 Å². The maximum atomic E-state index is 12.4. The van der Waals surface area contributed by atoms with E-state index in [4.69, 9.17) is 44.9 Å². The van der Waals surface area contributed by atoms with Crippen molar-refractivity contribution in [3.8, 4) is 0 Å². The Balaban J connectivity index is 2.31. The lowest BCUT2D eigenvalue weighted by atomic mass is 10.1. The Morgan fingerprint density at radius 1 is 1.04 bits per heavy atom. The molecule has 2 N–H and O–H groups in total. The van der Waals surface area contributed by atoms with Crippen LogP contribution in [0, 0.1) is 6.92 Å². The van der Waals surface area contributed by atoms with E-state index in [0.717, 1.165) is 11.3 Å². The smallest absolute Gasteiger partial charge is 0.348 e. The number of anilines is 2. The minimum Gasteiger partial charge on any atom is -0.462 e. The maximum absolute atomic E-state index is 12.4. The zero-order valence-electron chi connectivity index (χ0n) is 15.4. The van der Waals surface area contributed by atoms with Gasteiger partial charge in [0.05, 0.1) is 18.8 Å². The molecule has 0 aliphatic carbocycles. The summed E-state index contributed by atoms with van der Waals surface area (Å²) in [5, 5.41) is 7.35. The van der Waals surface area contributed by atoms with E-state index >= 15 is 0 Å². The summed E-state index contributed by atoms with van der Waals surface area (Å²) < 4.78 is 10.2. The van der Waals surface area contributed by atoms with Gasteiger partial charge in [-0.25, -0.2) is 9.59 Å². The number of thiophene rings is 1. The lowest BCUT2D eigenvalue weighted by Gasteiger charge is -2.11. The largest absolute Gasteiger partial charge is 0.462 e. The van der Waals surface area contributed by atoms with Crippen LogP contribution in [0.4, 0.5) is 10.7 Å². The summed E-state index contributed by atoms with van der Waals surface area (Å²) in [6.45, 7) is 5.50. The number of ether oxygens (including phenoxy) is 2. The van der Waals surface area contributed by atoms with Gasteiger partial charge >= 0.3 is 11.9 Å². The highest BCUT2D eigenvalue weighted by molar-refractivity contribution is 7.80. The molecule has 150 valence electrons. The number of nitrogens with one attached hydrogen (secondary N) is 2. The maximum Gasteiger partial charge on any atom is 0.348 e. The Kier molecular flexibility index (Phi) is 8.06. The van der Waals surface area contributed by atoms with Gasteiger partial charge in [0.25, 0.3) is 0 Å². The number of carbonyl (C=O) groups excluding carboxylic acids is 2. The fourth-order valence-corrected chi connectivity index (χ4v) is 4.24. The van der Waals surface area contributed by atoms with Gasteiger partial charge in [0, 0.05) is 15.7 Å². The number of hydrogen-bond acceptors (Lipinski definition) is 6. The summed E-state index contributed by atoms with van der Waals surface area (Å²) in [5.41, 5.74) is 1.28. The molecule has 6 nitrogen and oxygen atoms in total. The average molecular weight is 461 g/mol. The Morgan fingerprint density at radius 3 is 2.18 bits per heavy atom. The molecular formula is C18H18Cl2N2O4S2. The summed E-state index contributed by atoms with van der Waals surface area (Å²) in [4.78, 5) is 24.9. The van der Waals surface area contributed by atoms with Crippen molar-refractivity contribution in [1.29, 1.82) is 0 Å². The van der Waals surface area contributed by atoms with E-state index in [-0.39, 0.29) is 23.9 Å². The molecule has 28 heavy (non-hydrogen) atoms. The van der Waals surface area contributed by atoms with Crippen molar-refractivity contribution in [2.45, 2.75) is 20.8 Å². The van der Waals surface area contributed by atoms with Gasteiger partial charge < -0.3 is 20.1 Å². The standard InChI is InChI=1S/C18H18Cl2N2O4S2/c1-4-25-16(23)13-9(3)14(17(24)26-5-2)28-15(13)22-18(27)21-12-7-10(19)6-11(20)8-12/h6-8H,4-5H2,1-3H3,(H2,21,22,27). The first-order valence-electron chi connectivity index (χ1n) is 8.28. The molecule has 0 radical (unpaired) electrons. The second-order valence-corrected chi connectivity index (χ2v) is 7.74. The van der Waals surface area contributed by atoms with Crippen molar-refractivity contribution in [3.05, 3.63) is 44.2 Å². The minimum absolute atomic E-state index is 0.195. The Hall–Kier alpha value is -1.87. The van der Waals surface area contributed by atoms with E-state index < -0.39 is 11.9 Å². The molecule has 1 aromatic carbocycles. The molecule has 0 saturated heterocycles. The van der Waals surface area contributed by atoms with Crippen molar-refractivity contribution in [2.75, 3.05) is 23.8 Å². The van der Waals surface area contributed by atoms with E-state index in [9.17, 15) is 9.59 Å². The highest BCUT2D eigenvalue weighted by atomic mass is 35.5. The molecule has 0 aliphatic heterocycles. The Morgan fingerprint density at radius 2 is 1.61 bits per heavy atom. The van der Waals surface area contributed by atoms with Crippen LogP contribution in [0.1, 0.15) is 39.4 Å². The van der Waals surface area contributed by atoms with E-state index in [1.54, 1.807) is 39.0 Å². The summed E-state index contributed by atoms with van der Waals surface area (Å²) in [7, 11) is 0. The van der Waals surface area contributed by atoms with Crippen LogP contribution in [0.5, 0.6) is 0 Å². The van der Waals surface area contributed by atoms with Gasteiger partial charge in [-0.1, -0.05) is 23.2 Å². The van der Waals surface area contributed by atoms with Crippen LogP contribution < -0.4 is 10.6 Å². The first kappa shape index (κ1) is 22.4. The lowest BCUT2D eigenvalue weighted by Crippen LogP contribution is -2.20. The van der Waals surface area contributed by atoms with Gasteiger partial charge in [-0.3, -0.25) is 0 Å². The van der Waals surface area contributed by atoms with Crippen LogP contribution >= 0.6 is 46.8 Å². The van der Waals surface area contributed by atoms with Gasteiger partial charge in [0.1, 0.15) is 9.88 Å². The van der Waals surface area contributed by atoms with Crippen LogP contribution in [0.15, 0.2) is 18.2 Å². The van der Waals surface area contributed by atoms with E-state index in [1.165, 1.54) is 0 Å². The second-order valence-electron chi connectivity index (χ2n) is 5.44. The van der Waals surface area contributed by atoms with Crippen LogP contribution in [0.25, 0.3) is 0 Å². The van der Waals surface area contributed by atoms with E-state index in [1.807, 2.05) is 0 Å². The van der Waals surface area contributed by atoms with Crippen LogP contribution in [0.3, 0.4) is 0 Å². The number of hydrogen-bond donors (Lipinski definition) is 2. The topological polar surface area (TPSA) is 76.7 Å². The van der Waals surface area contributed by atoms with Crippen LogP contribution in [0.2, 0.25) is 10.0 Å².